The van der Waals surface area contributed by atoms with E-state index in [4.69, 9.17) is 39.5 Å². The monoisotopic (exact) mass is 491 g/mol. The number of ether oxygens (including phenoxy) is 1. The van der Waals surface area contributed by atoms with Crippen molar-refractivity contribution < 1.29 is 14.3 Å². The minimum Gasteiger partial charge on any atom is -0.452 e. The molecule has 166 valence electrons. The molecule has 6 nitrogen and oxygen atoms in total. The van der Waals surface area contributed by atoms with Gasteiger partial charge in [-0.3, -0.25) is 4.79 Å². The van der Waals surface area contributed by atoms with Crippen LogP contribution in [-0.2, 0) is 20.9 Å². The van der Waals surface area contributed by atoms with E-state index in [9.17, 15) is 9.59 Å². The number of hydrogen-bond acceptors (Lipinski definition) is 4. The zero-order valence-electron chi connectivity index (χ0n) is 17.4. The summed E-state index contributed by atoms with van der Waals surface area (Å²) in [6, 6.07) is 12.9. The Balaban J connectivity index is 1.58. The molecule has 3 rings (SSSR count). The summed E-state index contributed by atoms with van der Waals surface area (Å²) in [7, 11) is 0. The lowest BCUT2D eigenvalue weighted by atomic mass is 10.1. The van der Waals surface area contributed by atoms with Crippen LogP contribution in [0.3, 0.4) is 0 Å². The van der Waals surface area contributed by atoms with Crippen LogP contribution in [0.5, 0.6) is 0 Å². The lowest BCUT2D eigenvalue weighted by Gasteiger charge is -2.08. The van der Waals surface area contributed by atoms with E-state index in [1.165, 1.54) is 17.7 Å². The maximum absolute atomic E-state index is 12.0. The molecule has 0 bridgehead atoms. The summed E-state index contributed by atoms with van der Waals surface area (Å²) in [6.07, 6.45) is 2.71. The number of aromatic nitrogens is 2. The second-order valence-electron chi connectivity index (χ2n) is 7.02. The fourth-order valence-electron chi connectivity index (χ4n) is 2.86. The first-order valence-corrected chi connectivity index (χ1v) is 10.7. The van der Waals surface area contributed by atoms with Crippen LogP contribution in [0.1, 0.15) is 22.4 Å². The van der Waals surface area contributed by atoms with Crippen LogP contribution in [0.4, 0.5) is 5.69 Å². The largest absolute Gasteiger partial charge is 0.452 e. The molecule has 32 heavy (non-hydrogen) atoms. The SMILES string of the molecule is Cc1ccc(Cn2nc(C)c(/C=C/C(=O)OCC(=O)Nc3c(Cl)cccc3Cl)c2Cl)cc1. The number of para-hydroxylation sites is 1. The van der Waals surface area contributed by atoms with Crippen molar-refractivity contribution >= 4 is 58.4 Å². The molecular weight excluding hydrogens is 473 g/mol. The molecule has 0 aliphatic rings. The molecule has 9 heteroatoms. The molecule has 0 spiro atoms. The minimum absolute atomic E-state index is 0.260. The van der Waals surface area contributed by atoms with Crippen LogP contribution in [0.15, 0.2) is 48.5 Å². The van der Waals surface area contributed by atoms with Gasteiger partial charge in [0, 0.05) is 11.6 Å². The van der Waals surface area contributed by atoms with Gasteiger partial charge in [-0.25, -0.2) is 9.48 Å². The molecule has 0 saturated heterocycles. The molecule has 1 N–H and O–H groups in total. The number of nitrogens with one attached hydrogen (secondary N) is 1. The molecule has 0 unspecified atom stereocenters. The van der Waals surface area contributed by atoms with Gasteiger partial charge >= 0.3 is 5.97 Å². The van der Waals surface area contributed by atoms with Crippen molar-refractivity contribution in [2.45, 2.75) is 20.4 Å². The predicted octanol–water partition coefficient (Wildman–Crippen LogP) is 5.70. The Bertz CT molecular complexity index is 1150. The van der Waals surface area contributed by atoms with Gasteiger partial charge < -0.3 is 10.1 Å². The predicted molar refractivity (Wildman–Crippen MR) is 127 cm³/mol. The number of carbonyl (C=O) groups excluding carboxylic acids is 2. The molecule has 0 aliphatic carbocycles. The van der Waals surface area contributed by atoms with Crippen molar-refractivity contribution in [3.8, 4) is 0 Å². The average molecular weight is 493 g/mol. The van der Waals surface area contributed by atoms with Gasteiger partial charge in [0.25, 0.3) is 5.91 Å². The van der Waals surface area contributed by atoms with Gasteiger partial charge in [-0.2, -0.15) is 5.10 Å². The molecule has 1 aromatic heterocycles. The van der Waals surface area contributed by atoms with Crippen molar-refractivity contribution in [1.82, 2.24) is 9.78 Å². The maximum atomic E-state index is 12.0. The molecule has 0 fully saturated rings. The second kappa shape index (κ2) is 10.7. The number of benzene rings is 2. The number of halogens is 3. The molecule has 2 aromatic carbocycles. The smallest absolute Gasteiger partial charge is 0.331 e. The number of esters is 1. The zero-order chi connectivity index (χ0) is 23.3. The molecular formula is C23H20Cl3N3O3. The van der Waals surface area contributed by atoms with Crippen LogP contribution in [0, 0.1) is 13.8 Å². The lowest BCUT2D eigenvalue weighted by Crippen LogP contribution is -2.20. The van der Waals surface area contributed by atoms with Crippen LogP contribution >= 0.6 is 34.8 Å². The number of hydrogen-bond donors (Lipinski definition) is 1. The van der Waals surface area contributed by atoms with Gasteiger partial charge in [0.2, 0.25) is 0 Å². The Kier molecular flexibility index (Phi) is 7.96. The Morgan fingerprint density at radius 1 is 1.06 bits per heavy atom. The fourth-order valence-corrected chi connectivity index (χ4v) is 3.65. The molecule has 0 saturated carbocycles. The Morgan fingerprint density at radius 2 is 1.72 bits per heavy atom. The van der Waals surface area contributed by atoms with Crippen molar-refractivity contribution in [3.05, 3.63) is 86.1 Å². The van der Waals surface area contributed by atoms with Gasteiger partial charge in [-0.1, -0.05) is 70.7 Å². The highest BCUT2D eigenvalue weighted by molar-refractivity contribution is 6.39. The van der Waals surface area contributed by atoms with Crippen LogP contribution in [0.2, 0.25) is 15.2 Å². The van der Waals surface area contributed by atoms with Gasteiger partial charge in [-0.15, -0.1) is 0 Å². The third kappa shape index (κ3) is 6.13. The van der Waals surface area contributed by atoms with E-state index in [2.05, 4.69) is 10.4 Å². The minimum atomic E-state index is -0.702. The highest BCUT2D eigenvalue weighted by Gasteiger charge is 2.13. The molecule has 0 atom stereocenters. The first kappa shape index (κ1) is 23.9. The van der Waals surface area contributed by atoms with E-state index in [1.54, 1.807) is 29.8 Å². The molecule has 0 aliphatic heterocycles. The van der Waals surface area contributed by atoms with Crippen molar-refractivity contribution in [2.75, 3.05) is 11.9 Å². The topological polar surface area (TPSA) is 73.2 Å². The van der Waals surface area contributed by atoms with E-state index in [1.807, 2.05) is 31.2 Å². The highest BCUT2D eigenvalue weighted by atomic mass is 35.5. The van der Waals surface area contributed by atoms with Crippen LogP contribution in [0.25, 0.3) is 6.08 Å². The first-order chi connectivity index (χ1) is 15.2. The van der Waals surface area contributed by atoms with Gasteiger partial charge in [-0.05, 0) is 37.6 Å². The van der Waals surface area contributed by atoms with Crippen LogP contribution < -0.4 is 5.32 Å². The Labute approximate surface area is 200 Å². The number of nitrogens with zero attached hydrogens (tertiary/aromatic N) is 2. The number of amides is 1. The Morgan fingerprint density at radius 3 is 2.38 bits per heavy atom. The molecule has 0 radical (unpaired) electrons. The molecule has 1 heterocycles. The summed E-state index contributed by atoms with van der Waals surface area (Å²) in [6.45, 7) is 3.82. The maximum Gasteiger partial charge on any atom is 0.331 e. The summed E-state index contributed by atoms with van der Waals surface area (Å²) in [4.78, 5) is 24.1. The van der Waals surface area contributed by atoms with Gasteiger partial charge in [0.1, 0.15) is 5.15 Å². The second-order valence-corrected chi connectivity index (χ2v) is 8.19. The van der Waals surface area contributed by atoms with E-state index >= 15 is 0 Å². The summed E-state index contributed by atoms with van der Waals surface area (Å²) < 4.78 is 6.64. The molecule has 1 amide bonds. The standard InChI is InChI=1S/C23H20Cl3N3O3/c1-14-6-8-16(9-7-14)12-29-23(26)17(15(2)28-29)10-11-21(31)32-13-20(30)27-22-18(24)4-3-5-19(22)25/h3-11H,12-13H2,1-2H3,(H,27,30)/b11-10+. The zero-order valence-corrected chi connectivity index (χ0v) is 19.6. The highest BCUT2D eigenvalue weighted by Crippen LogP contribution is 2.29. The Hall–Kier alpha value is -2.80. The van der Waals surface area contributed by atoms with Crippen molar-refractivity contribution in [1.29, 1.82) is 0 Å². The summed E-state index contributed by atoms with van der Waals surface area (Å²) in [5, 5.41) is 7.92. The number of carbonyl (C=O) groups is 2. The van der Waals surface area contributed by atoms with E-state index in [0.29, 0.717) is 23.0 Å². The summed E-state index contributed by atoms with van der Waals surface area (Å²) in [5.74, 6) is -1.27. The van der Waals surface area contributed by atoms with Crippen molar-refractivity contribution in [3.63, 3.8) is 0 Å². The van der Waals surface area contributed by atoms with Crippen LogP contribution in [-0.4, -0.2) is 28.3 Å². The third-order valence-electron chi connectivity index (χ3n) is 4.52. The summed E-state index contributed by atoms with van der Waals surface area (Å²) >= 11 is 18.5. The van der Waals surface area contributed by atoms with E-state index in [-0.39, 0.29) is 15.7 Å². The quantitative estimate of drug-likeness (QED) is 0.339. The van der Waals surface area contributed by atoms with E-state index < -0.39 is 18.5 Å². The average Bonchev–Trinajstić information content (AvgIpc) is 3.02. The molecule has 3 aromatic rings. The normalized spacial score (nSPS) is 11.0. The fraction of sp³-hybridized carbons (Fsp3) is 0.174. The number of anilines is 1. The first-order valence-electron chi connectivity index (χ1n) is 9.61. The number of aryl methyl sites for hydroxylation is 2. The third-order valence-corrected chi connectivity index (χ3v) is 5.55. The van der Waals surface area contributed by atoms with Crippen molar-refractivity contribution in [2.24, 2.45) is 0 Å². The summed E-state index contributed by atoms with van der Waals surface area (Å²) in [5.41, 5.74) is 3.75. The van der Waals surface area contributed by atoms with Gasteiger partial charge in [0.15, 0.2) is 6.61 Å². The van der Waals surface area contributed by atoms with Gasteiger partial charge in [0.05, 0.1) is 28.0 Å². The van der Waals surface area contributed by atoms with E-state index in [0.717, 1.165) is 5.56 Å². The number of rotatable bonds is 7. The lowest BCUT2D eigenvalue weighted by molar-refractivity contribution is -0.142.